The summed E-state index contributed by atoms with van der Waals surface area (Å²) in [6.07, 6.45) is 5.00. The number of para-hydroxylation sites is 2. The molecule has 3 rings (SSSR count). The normalized spacial score (nSPS) is 18.7. The van der Waals surface area contributed by atoms with Gasteiger partial charge in [-0.2, -0.15) is 0 Å². The van der Waals surface area contributed by atoms with Crippen molar-refractivity contribution in [2.45, 2.75) is 12.8 Å². The van der Waals surface area contributed by atoms with E-state index in [1.807, 2.05) is 35.2 Å². The number of carbonyl (C=O) groups is 1. The van der Waals surface area contributed by atoms with Crippen molar-refractivity contribution >= 4 is 16.9 Å². The molecule has 0 saturated carbocycles. The van der Waals surface area contributed by atoms with Gasteiger partial charge in [-0.25, -0.2) is 4.98 Å². The molecule has 1 aromatic heterocycles. The predicted octanol–water partition coefficient (Wildman–Crippen LogP) is 2.21. The summed E-state index contributed by atoms with van der Waals surface area (Å²) in [6.45, 7) is 5.25. The lowest BCUT2D eigenvalue weighted by Crippen LogP contribution is -2.27. The van der Waals surface area contributed by atoms with Gasteiger partial charge >= 0.3 is 0 Å². The molecule has 4 nitrogen and oxygen atoms in total. The lowest BCUT2D eigenvalue weighted by atomic mass is 10.1. The van der Waals surface area contributed by atoms with E-state index in [9.17, 15) is 4.79 Å². The van der Waals surface area contributed by atoms with E-state index >= 15 is 0 Å². The van der Waals surface area contributed by atoms with Crippen LogP contribution in [-0.2, 0) is 11.2 Å². The second-order valence-electron chi connectivity index (χ2n) is 5.14. The Bertz CT molecular complexity index is 653. The standard InChI is InChI=1S/C16H17N3O/c1-2-12-9-16(20)19(11-12)8-7-13-10-17-14-5-3-4-6-15(14)18-13/h2-6,10,12H,1,7-9,11H2. The maximum atomic E-state index is 11.8. The Kier molecular flexibility index (Phi) is 3.46. The van der Waals surface area contributed by atoms with Crippen LogP contribution in [0.1, 0.15) is 12.1 Å². The minimum Gasteiger partial charge on any atom is -0.342 e. The zero-order valence-electron chi connectivity index (χ0n) is 11.3. The summed E-state index contributed by atoms with van der Waals surface area (Å²) >= 11 is 0. The van der Waals surface area contributed by atoms with Crippen LogP contribution in [0.3, 0.4) is 0 Å². The second-order valence-corrected chi connectivity index (χ2v) is 5.14. The van der Waals surface area contributed by atoms with Crippen molar-refractivity contribution < 1.29 is 4.79 Å². The van der Waals surface area contributed by atoms with E-state index in [0.717, 1.165) is 29.7 Å². The summed E-state index contributed by atoms with van der Waals surface area (Å²) < 4.78 is 0. The molecule has 2 heterocycles. The summed E-state index contributed by atoms with van der Waals surface area (Å²) in [4.78, 5) is 22.7. The molecule has 102 valence electrons. The van der Waals surface area contributed by atoms with Crippen molar-refractivity contribution in [3.05, 3.63) is 48.8 Å². The van der Waals surface area contributed by atoms with Crippen molar-refractivity contribution in [3.63, 3.8) is 0 Å². The molecule has 1 amide bonds. The predicted molar refractivity (Wildman–Crippen MR) is 78.1 cm³/mol. The molecule has 0 N–H and O–H groups in total. The van der Waals surface area contributed by atoms with Crippen molar-refractivity contribution in [3.8, 4) is 0 Å². The molecule has 1 saturated heterocycles. The van der Waals surface area contributed by atoms with Crippen molar-refractivity contribution in [2.24, 2.45) is 5.92 Å². The van der Waals surface area contributed by atoms with Crippen LogP contribution in [0.25, 0.3) is 11.0 Å². The summed E-state index contributed by atoms with van der Waals surface area (Å²) in [5.41, 5.74) is 2.74. The van der Waals surface area contributed by atoms with Crippen LogP contribution >= 0.6 is 0 Å². The van der Waals surface area contributed by atoms with E-state index in [4.69, 9.17) is 0 Å². The molecule has 4 heteroatoms. The van der Waals surface area contributed by atoms with Crippen molar-refractivity contribution in [2.75, 3.05) is 13.1 Å². The van der Waals surface area contributed by atoms with Crippen LogP contribution in [0.5, 0.6) is 0 Å². The van der Waals surface area contributed by atoms with Crippen molar-refractivity contribution in [1.82, 2.24) is 14.9 Å². The second kappa shape index (κ2) is 5.41. The molecule has 0 spiro atoms. The molecule has 0 bridgehead atoms. The number of carbonyl (C=O) groups excluding carboxylic acids is 1. The number of nitrogens with zero attached hydrogens (tertiary/aromatic N) is 3. The zero-order valence-corrected chi connectivity index (χ0v) is 11.3. The van der Waals surface area contributed by atoms with E-state index in [1.165, 1.54) is 0 Å². The molecule has 1 aliphatic rings. The van der Waals surface area contributed by atoms with Gasteiger partial charge in [0, 0.05) is 38.0 Å². The van der Waals surface area contributed by atoms with Gasteiger partial charge in [-0.1, -0.05) is 18.2 Å². The third kappa shape index (κ3) is 2.54. The largest absolute Gasteiger partial charge is 0.342 e. The quantitative estimate of drug-likeness (QED) is 0.798. The number of fused-ring (bicyclic) bond motifs is 1. The van der Waals surface area contributed by atoms with Crippen LogP contribution < -0.4 is 0 Å². The smallest absolute Gasteiger partial charge is 0.223 e. The number of rotatable bonds is 4. The lowest BCUT2D eigenvalue weighted by molar-refractivity contribution is -0.127. The first kappa shape index (κ1) is 12.8. The Hall–Kier alpha value is -2.23. The highest BCUT2D eigenvalue weighted by atomic mass is 16.2. The van der Waals surface area contributed by atoms with Gasteiger partial charge in [0.15, 0.2) is 0 Å². The average Bonchev–Trinajstić information content (AvgIpc) is 2.85. The zero-order chi connectivity index (χ0) is 13.9. The number of hydrogen-bond donors (Lipinski definition) is 0. The summed E-state index contributed by atoms with van der Waals surface area (Å²) in [5, 5.41) is 0. The molecule has 0 radical (unpaired) electrons. The molecule has 1 aliphatic heterocycles. The van der Waals surface area contributed by atoms with Crippen LogP contribution in [0.15, 0.2) is 43.1 Å². The lowest BCUT2D eigenvalue weighted by Gasteiger charge is -2.15. The highest BCUT2D eigenvalue weighted by Crippen LogP contribution is 2.18. The molecule has 1 atom stereocenters. The first-order valence-corrected chi connectivity index (χ1v) is 6.87. The topological polar surface area (TPSA) is 46.1 Å². The Morgan fingerprint density at radius 2 is 2.15 bits per heavy atom. The van der Waals surface area contributed by atoms with Gasteiger partial charge in [-0.05, 0) is 12.1 Å². The summed E-state index contributed by atoms with van der Waals surface area (Å²) in [5.74, 6) is 0.508. The summed E-state index contributed by atoms with van der Waals surface area (Å²) in [7, 11) is 0. The fourth-order valence-corrected chi connectivity index (χ4v) is 2.54. The number of hydrogen-bond acceptors (Lipinski definition) is 3. The van der Waals surface area contributed by atoms with E-state index < -0.39 is 0 Å². The fraction of sp³-hybridized carbons (Fsp3) is 0.312. The summed E-state index contributed by atoms with van der Waals surface area (Å²) in [6, 6.07) is 7.82. The molecule has 2 aromatic rings. The SMILES string of the molecule is C=CC1CC(=O)N(CCc2cnc3ccccc3n2)C1. The maximum Gasteiger partial charge on any atom is 0.223 e. The number of benzene rings is 1. The number of amides is 1. The number of aromatic nitrogens is 2. The molecule has 0 aliphatic carbocycles. The Morgan fingerprint density at radius 1 is 1.35 bits per heavy atom. The van der Waals surface area contributed by atoms with E-state index in [0.29, 0.717) is 18.9 Å². The number of likely N-dealkylation sites (tertiary alicyclic amines) is 1. The first-order valence-electron chi connectivity index (χ1n) is 6.87. The highest BCUT2D eigenvalue weighted by molar-refractivity contribution is 5.79. The minimum absolute atomic E-state index is 0.212. The van der Waals surface area contributed by atoms with Gasteiger partial charge in [0.2, 0.25) is 5.91 Å². The Balaban J connectivity index is 1.68. The van der Waals surface area contributed by atoms with Crippen LogP contribution in [-0.4, -0.2) is 33.9 Å². The van der Waals surface area contributed by atoms with Crippen LogP contribution in [0.2, 0.25) is 0 Å². The molecule has 1 fully saturated rings. The fourth-order valence-electron chi connectivity index (χ4n) is 2.54. The average molecular weight is 267 g/mol. The van der Waals surface area contributed by atoms with E-state index in [1.54, 1.807) is 6.20 Å². The maximum absolute atomic E-state index is 11.8. The van der Waals surface area contributed by atoms with Gasteiger partial charge in [0.1, 0.15) is 0 Å². The van der Waals surface area contributed by atoms with Crippen molar-refractivity contribution in [1.29, 1.82) is 0 Å². The van der Waals surface area contributed by atoms with Gasteiger partial charge in [0.25, 0.3) is 0 Å². The third-order valence-corrected chi connectivity index (χ3v) is 3.71. The molecule has 1 unspecified atom stereocenters. The van der Waals surface area contributed by atoms with E-state index in [-0.39, 0.29) is 5.91 Å². The molecule has 20 heavy (non-hydrogen) atoms. The van der Waals surface area contributed by atoms with Gasteiger partial charge < -0.3 is 4.90 Å². The third-order valence-electron chi connectivity index (χ3n) is 3.71. The van der Waals surface area contributed by atoms with Crippen LogP contribution in [0.4, 0.5) is 0 Å². The van der Waals surface area contributed by atoms with E-state index in [2.05, 4.69) is 16.5 Å². The van der Waals surface area contributed by atoms with Gasteiger partial charge in [0.05, 0.1) is 16.7 Å². The van der Waals surface area contributed by atoms with Gasteiger partial charge in [-0.3, -0.25) is 9.78 Å². The minimum atomic E-state index is 0.212. The first-order chi connectivity index (χ1) is 9.76. The molecular formula is C16H17N3O. The van der Waals surface area contributed by atoms with Crippen LogP contribution in [0, 0.1) is 5.92 Å². The molecule has 1 aromatic carbocycles. The monoisotopic (exact) mass is 267 g/mol. The van der Waals surface area contributed by atoms with Gasteiger partial charge in [-0.15, -0.1) is 6.58 Å². The molecular weight excluding hydrogens is 250 g/mol. The Morgan fingerprint density at radius 3 is 2.90 bits per heavy atom. The Labute approximate surface area is 118 Å². The highest BCUT2D eigenvalue weighted by Gasteiger charge is 2.26.